The van der Waals surface area contributed by atoms with Crippen LogP contribution in [0.25, 0.3) is 11.3 Å². The highest BCUT2D eigenvalue weighted by Crippen LogP contribution is 2.43. The number of ketones is 1. The Kier molecular flexibility index (Phi) is 4.68. The van der Waals surface area contributed by atoms with Crippen molar-refractivity contribution >= 4 is 5.78 Å². The molecule has 1 fully saturated rings. The standard InChI is InChI=1S/C20H27N3O4/c1-12-9-16-15(19-17(12)18(13(2)24)22-27-19)10-23(21-16)14-5-7-20(3,8-6-14)26-11-25-4/h10,12,14H,5-9,11H2,1-4H3. The molecule has 2 aromatic heterocycles. The first-order chi connectivity index (χ1) is 12.9. The SMILES string of the molecule is COCOC1(C)CCC(n2cc3c(n2)CC(C)c2c(C(C)=O)noc2-3)CC1. The predicted molar refractivity (Wildman–Crippen MR) is 98.7 cm³/mol. The molecular weight excluding hydrogens is 346 g/mol. The lowest BCUT2D eigenvalue weighted by Crippen LogP contribution is -2.35. The van der Waals surface area contributed by atoms with Gasteiger partial charge in [0.2, 0.25) is 0 Å². The van der Waals surface area contributed by atoms with E-state index in [0.717, 1.165) is 48.9 Å². The highest BCUT2D eigenvalue weighted by Gasteiger charge is 2.36. The molecule has 1 saturated carbocycles. The molecule has 0 aliphatic heterocycles. The first-order valence-electron chi connectivity index (χ1n) is 9.63. The van der Waals surface area contributed by atoms with E-state index in [1.165, 1.54) is 6.92 Å². The fourth-order valence-electron chi connectivity index (χ4n) is 4.37. The van der Waals surface area contributed by atoms with Crippen molar-refractivity contribution in [1.82, 2.24) is 14.9 Å². The normalized spacial score (nSPS) is 27.3. The van der Waals surface area contributed by atoms with Crippen LogP contribution in [0.4, 0.5) is 0 Å². The van der Waals surface area contributed by atoms with Crippen molar-refractivity contribution in [1.29, 1.82) is 0 Å². The molecule has 2 aromatic rings. The second kappa shape index (κ2) is 6.87. The predicted octanol–water partition coefficient (Wildman–Crippen LogP) is 3.89. The number of carbonyl (C=O) groups is 1. The molecule has 0 bridgehead atoms. The topological polar surface area (TPSA) is 79.4 Å². The summed E-state index contributed by atoms with van der Waals surface area (Å²) in [5, 5.41) is 8.89. The van der Waals surface area contributed by atoms with Crippen molar-refractivity contribution in [3.05, 3.63) is 23.1 Å². The van der Waals surface area contributed by atoms with Gasteiger partial charge in [-0.3, -0.25) is 9.48 Å². The monoisotopic (exact) mass is 373 g/mol. The molecule has 0 aromatic carbocycles. The average molecular weight is 373 g/mol. The molecule has 1 unspecified atom stereocenters. The molecule has 0 radical (unpaired) electrons. The summed E-state index contributed by atoms with van der Waals surface area (Å²) in [6, 6.07) is 0.351. The van der Waals surface area contributed by atoms with E-state index in [-0.39, 0.29) is 17.3 Å². The smallest absolute Gasteiger partial charge is 0.181 e. The Hall–Kier alpha value is -1.99. The Morgan fingerprint density at radius 3 is 2.81 bits per heavy atom. The van der Waals surface area contributed by atoms with E-state index in [1.807, 2.05) is 0 Å². The molecular formula is C20H27N3O4. The van der Waals surface area contributed by atoms with Gasteiger partial charge in [-0.2, -0.15) is 5.10 Å². The molecule has 2 aliphatic rings. The van der Waals surface area contributed by atoms with E-state index in [2.05, 4.69) is 29.9 Å². The second-order valence-electron chi connectivity index (χ2n) is 8.14. The molecule has 0 N–H and O–H groups in total. The molecule has 146 valence electrons. The van der Waals surface area contributed by atoms with Crippen LogP contribution in [-0.2, 0) is 15.9 Å². The van der Waals surface area contributed by atoms with Gasteiger partial charge in [0.15, 0.2) is 17.2 Å². The van der Waals surface area contributed by atoms with Crippen LogP contribution in [-0.4, -0.2) is 40.2 Å². The van der Waals surface area contributed by atoms with Crippen LogP contribution in [0.15, 0.2) is 10.7 Å². The van der Waals surface area contributed by atoms with Crippen molar-refractivity contribution in [2.45, 2.75) is 70.4 Å². The van der Waals surface area contributed by atoms with Gasteiger partial charge in [-0.05, 0) is 44.9 Å². The number of hydrogen-bond donors (Lipinski definition) is 0. The van der Waals surface area contributed by atoms with Gasteiger partial charge in [-0.1, -0.05) is 12.1 Å². The van der Waals surface area contributed by atoms with Gasteiger partial charge in [0.05, 0.1) is 22.9 Å². The molecule has 4 rings (SSSR count). The minimum atomic E-state index is -0.123. The summed E-state index contributed by atoms with van der Waals surface area (Å²) < 4.78 is 18.6. The third-order valence-corrected chi connectivity index (χ3v) is 6.02. The lowest BCUT2D eigenvalue weighted by molar-refractivity contribution is -0.139. The summed E-state index contributed by atoms with van der Waals surface area (Å²) in [6.45, 7) is 6.13. The Morgan fingerprint density at radius 2 is 2.15 bits per heavy atom. The van der Waals surface area contributed by atoms with Crippen LogP contribution < -0.4 is 0 Å². The fourth-order valence-corrected chi connectivity index (χ4v) is 4.37. The Labute approximate surface area is 159 Å². The highest BCUT2D eigenvalue weighted by atomic mass is 16.7. The summed E-state index contributed by atoms with van der Waals surface area (Å²) >= 11 is 0. The zero-order valence-electron chi connectivity index (χ0n) is 16.4. The minimum Gasteiger partial charge on any atom is -0.359 e. The summed E-state index contributed by atoms with van der Waals surface area (Å²) in [6.07, 6.45) is 6.85. The van der Waals surface area contributed by atoms with Crippen molar-refractivity contribution in [2.24, 2.45) is 0 Å². The van der Waals surface area contributed by atoms with Gasteiger partial charge < -0.3 is 14.0 Å². The van der Waals surface area contributed by atoms with Crippen molar-refractivity contribution in [2.75, 3.05) is 13.9 Å². The largest absolute Gasteiger partial charge is 0.359 e. The van der Waals surface area contributed by atoms with Crippen LogP contribution in [0.3, 0.4) is 0 Å². The zero-order valence-corrected chi connectivity index (χ0v) is 16.4. The number of hydrogen-bond acceptors (Lipinski definition) is 6. The van der Waals surface area contributed by atoms with Gasteiger partial charge >= 0.3 is 0 Å². The minimum absolute atomic E-state index is 0.0506. The first kappa shape index (κ1) is 18.4. The van der Waals surface area contributed by atoms with E-state index in [4.69, 9.17) is 19.1 Å². The molecule has 7 nitrogen and oxygen atoms in total. The molecule has 2 heterocycles. The van der Waals surface area contributed by atoms with E-state index in [9.17, 15) is 4.79 Å². The van der Waals surface area contributed by atoms with E-state index < -0.39 is 0 Å². The molecule has 0 spiro atoms. The maximum absolute atomic E-state index is 11.9. The summed E-state index contributed by atoms with van der Waals surface area (Å²) in [5.74, 6) is 0.840. The van der Waals surface area contributed by atoms with Gasteiger partial charge in [0.25, 0.3) is 0 Å². The van der Waals surface area contributed by atoms with Crippen LogP contribution in [0.5, 0.6) is 0 Å². The van der Waals surface area contributed by atoms with E-state index in [1.54, 1.807) is 7.11 Å². The number of rotatable bonds is 5. The Morgan fingerprint density at radius 1 is 1.41 bits per heavy atom. The summed E-state index contributed by atoms with van der Waals surface area (Å²) in [7, 11) is 1.65. The summed E-state index contributed by atoms with van der Waals surface area (Å²) in [5.41, 5.74) is 3.28. The molecule has 0 amide bonds. The lowest BCUT2D eigenvalue weighted by atomic mass is 9.83. The van der Waals surface area contributed by atoms with Gasteiger partial charge in [-0.15, -0.1) is 0 Å². The van der Waals surface area contributed by atoms with E-state index >= 15 is 0 Å². The van der Waals surface area contributed by atoms with Crippen LogP contribution >= 0.6 is 0 Å². The fraction of sp³-hybridized carbons (Fsp3) is 0.650. The number of fused-ring (bicyclic) bond motifs is 3. The molecule has 7 heteroatoms. The Bertz CT molecular complexity index is 846. The van der Waals surface area contributed by atoms with Crippen molar-refractivity contribution in [3.63, 3.8) is 0 Å². The molecule has 27 heavy (non-hydrogen) atoms. The zero-order chi connectivity index (χ0) is 19.2. The molecule has 0 saturated heterocycles. The third-order valence-electron chi connectivity index (χ3n) is 6.02. The number of aromatic nitrogens is 3. The van der Waals surface area contributed by atoms with Gasteiger partial charge in [-0.25, -0.2) is 0 Å². The van der Waals surface area contributed by atoms with Crippen molar-refractivity contribution < 1.29 is 18.8 Å². The van der Waals surface area contributed by atoms with Crippen LogP contribution in [0.2, 0.25) is 0 Å². The van der Waals surface area contributed by atoms with Crippen LogP contribution in [0, 0.1) is 0 Å². The molecule has 1 atom stereocenters. The first-order valence-corrected chi connectivity index (χ1v) is 9.63. The number of carbonyl (C=O) groups excluding carboxylic acids is 1. The second-order valence-corrected chi connectivity index (χ2v) is 8.14. The maximum Gasteiger partial charge on any atom is 0.181 e. The average Bonchev–Trinajstić information content (AvgIpc) is 3.25. The number of nitrogens with zero attached hydrogens (tertiary/aromatic N) is 3. The lowest BCUT2D eigenvalue weighted by Gasteiger charge is -2.37. The number of methoxy groups -OCH3 is 1. The van der Waals surface area contributed by atoms with Gasteiger partial charge in [0, 0.05) is 25.8 Å². The van der Waals surface area contributed by atoms with Gasteiger partial charge in [0.1, 0.15) is 6.79 Å². The Balaban J connectivity index is 1.56. The highest BCUT2D eigenvalue weighted by molar-refractivity contribution is 5.95. The van der Waals surface area contributed by atoms with E-state index in [0.29, 0.717) is 24.3 Å². The third kappa shape index (κ3) is 3.23. The molecule has 2 aliphatic carbocycles. The number of Topliss-reactive ketones (excluding diaryl/α,β-unsaturated/α-hetero) is 1. The van der Waals surface area contributed by atoms with Crippen LogP contribution in [0.1, 0.15) is 80.2 Å². The quantitative estimate of drug-likeness (QED) is 0.584. The summed E-state index contributed by atoms with van der Waals surface area (Å²) in [4.78, 5) is 11.9. The van der Waals surface area contributed by atoms with Crippen molar-refractivity contribution in [3.8, 4) is 11.3 Å². The maximum atomic E-state index is 11.9. The number of ether oxygens (including phenoxy) is 2.